The molecule has 1 aliphatic rings. The summed E-state index contributed by atoms with van der Waals surface area (Å²) in [4.78, 5) is 14.0. The number of benzene rings is 1. The van der Waals surface area contributed by atoms with Gasteiger partial charge in [-0.15, -0.1) is 0 Å². The van der Waals surface area contributed by atoms with Gasteiger partial charge in [-0.05, 0) is 50.7 Å². The Morgan fingerprint density at radius 2 is 1.75 bits per heavy atom. The standard InChI is InChI=1S/C16H22Cl2N2O2.C2H6/c1-16(2,19)15(22)20-5-3-10(4-6-20)7-11-8-12(17)13(18)9-14(11)21;1-2/h8-10,21H,3-7,19H2,1-2H3;1-2H3. The maximum absolute atomic E-state index is 12.1. The van der Waals surface area contributed by atoms with Crippen LogP contribution >= 0.6 is 23.2 Å². The van der Waals surface area contributed by atoms with Crippen LogP contribution in [0, 0.1) is 5.92 Å². The van der Waals surface area contributed by atoms with Crippen LogP contribution in [0.4, 0.5) is 0 Å². The van der Waals surface area contributed by atoms with Gasteiger partial charge < -0.3 is 15.7 Å². The molecule has 0 bridgehead atoms. The molecule has 1 aliphatic heterocycles. The molecule has 24 heavy (non-hydrogen) atoms. The van der Waals surface area contributed by atoms with Gasteiger partial charge in [0.15, 0.2) is 0 Å². The van der Waals surface area contributed by atoms with Crippen LogP contribution in [0.1, 0.15) is 46.1 Å². The Morgan fingerprint density at radius 1 is 1.25 bits per heavy atom. The average Bonchev–Trinajstić information content (AvgIpc) is 2.53. The molecule has 2 rings (SSSR count). The van der Waals surface area contributed by atoms with Crippen molar-refractivity contribution in [2.75, 3.05) is 13.1 Å². The minimum Gasteiger partial charge on any atom is -0.508 e. The molecule has 0 atom stereocenters. The summed E-state index contributed by atoms with van der Waals surface area (Å²) in [5.41, 5.74) is 5.85. The van der Waals surface area contributed by atoms with E-state index in [2.05, 4.69) is 0 Å². The van der Waals surface area contributed by atoms with E-state index in [1.54, 1.807) is 19.9 Å². The van der Waals surface area contributed by atoms with Gasteiger partial charge in [-0.2, -0.15) is 0 Å². The van der Waals surface area contributed by atoms with Crippen LogP contribution < -0.4 is 5.73 Å². The Balaban J connectivity index is 0.00000139. The quantitative estimate of drug-likeness (QED) is 0.830. The second kappa shape index (κ2) is 8.93. The molecular weight excluding hydrogens is 347 g/mol. The van der Waals surface area contributed by atoms with E-state index in [1.807, 2.05) is 18.7 Å². The summed E-state index contributed by atoms with van der Waals surface area (Å²) in [6, 6.07) is 3.20. The van der Waals surface area contributed by atoms with Crippen molar-refractivity contribution in [3.63, 3.8) is 0 Å². The van der Waals surface area contributed by atoms with Gasteiger partial charge in [-0.1, -0.05) is 37.0 Å². The molecule has 0 saturated carbocycles. The van der Waals surface area contributed by atoms with Gasteiger partial charge in [0.2, 0.25) is 5.91 Å². The van der Waals surface area contributed by atoms with Gasteiger partial charge in [0.1, 0.15) is 5.75 Å². The highest BCUT2D eigenvalue weighted by atomic mass is 35.5. The van der Waals surface area contributed by atoms with Gasteiger partial charge in [-0.3, -0.25) is 4.79 Å². The normalized spacial score (nSPS) is 15.7. The fourth-order valence-electron chi connectivity index (χ4n) is 2.80. The molecule has 1 saturated heterocycles. The summed E-state index contributed by atoms with van der Waals surface area (Å²) in [5.74, 6) is 0.576. The van der Waals surface area contributed by atoms with Crippen molar-refractivity contribution in [2.45, 2.75) is 52.5 Å². The number of aromatic hydroxyl groups is 1. The SMILES string of the molecule is CC.CC(C)(N)C(=O)N1CCC(Cc2cc(Cl)c(Cl)cc2O)CC1. The molecule has 1 fully saturated rings. The molecule has 136 valence electrons. The average molecular weight is 375 g/mol. The van der Waals surface area contributed by atoms with Gasteiger partial charge >= 0.3 is 0 Å². The van der Waals surface area contributed by atoms with Crippen molar-refractivity contribution < 1.29 is 9.90 Å². The molecule has 0 aliphatic carbocycles. The van der Waals surface area contributed by atoms with Crippen molar-refractivity contribution in [3.8, 4) is 5.75 Å². The molecule has 1 aromatic rings. The summed E-state index contributed by atoms with van der Waals surface area (Å²) >= 11 is 11.9. The van der Waals surface area contributed by atoms with E-state index in [9.17, 15) is 9.90 Å². The van der Waals surface area contributed by atoms with Crippen molar-refractivity contribution in [1.29, 1.82) is 0 Å². The second-order valence-corrected chi connectivity index (χ2v) is 7.37. The van der Waals surface area contributed by atoms with E-state index in [1.165, 1.54) is 6.07 Å². The maximum atomic E-state index is 12.1. The predicted octanol–water partition coefficient (Wildman–Crippen LogP) is 4.24. The number of nitrogens with two attached hydrogens (primary N) is 1. The lowest BCUT2D eigenvalue weighted by Crippen LogP contribution is -2.53. The van der Waals surface area contributed by atoms with E-state index in [0.29, 0.717) is 29.1 Å². The smallest absolute Gasteiger partial charge is 0.242 e. The number of phenols is 1. The van der Waals surface area contributed by atoms with Crippen molar-refractivity contribution >= 4 is 29.1 Å². The highest BCUT2D eigenvalue weighted by Crippen LogP contribution is 2.33. The van der Waals surface area contributed by atoms with Gasteiger partial charge in [-0.25, -0.2) is 0 Å². The first-order valence-electron chi connectivity index (χ1n) is 8.43. The van der Waals surface area contributed by atoms with E-state index in [-0.39, 0.29) is 11.7 Å². The number of hydrogen-bond donors (Lipinski definition) is 2. The number of likely N-dealkylation sites (tertiary alicyclic amines) is 1. The molecule has 6 heteroatoms. The third kappa shape index (κ3) is 5.54. The molecule has 1 aromatic carbocycles. The number of nitrogens with zero attached hydrogens (tertiary/aromatic N) is 1. The maximum Gasteiger partial charge on any atom is 0.242 e. The third-order valence-corrected chi connectivity index (χ3v) is 4.81. The minimum atomic E-state index is -0.825. The summed E-state index contributed by atoms with van der Waals surface area (Å²) < 4.78 is 0. The monoisotopic (exact) mass is 374 g/mol. The number of rotatable bonds is 3. The summed E-state index contributed by atoms with van der Waals surface area (Å²) in [6.07, 6.45) is 2.51. The zero-order chi connectivity index (χ0) is 18.5. The highest BCUT2D eigenvalue weighted by Gasteiger charge is 2.31. The molecule has 0 unspecified atom stereocenters. The Morgan fingerprint density at radius 3 is 2.25 bits per heavy atom. The predicted molar refractivity (Wildman–Crippen MR) is 101 cm³/mol. The lowest BCUT2D eigenvalue weighted by Gasteiger charge is -2.35. The van der Waals surface area contributed by atoms with Crippen LogP contribution in [0.3, 0.4) is 0 Å². The largest absolute Gasteiger partial charge is 0.508 e. The number of hydrogen-bond acceptors (Lipinski definition) is 3. The van der Waals surface area contributed by atoms with Crippen LogP contribution in [-0.2, 0) is 11.2 Å². The molecule has 3 N–H and O–H groups in total. The first kappa shape index (κ1) is 21.1. The fourth-order valence-corrected chi connectivity index (χ4v) is 3.14. The number of amides is 1. The van der Waals surface area contributed by atoms with Crippen LogP contribution in [0.25, 0.3) is 0 Å². The summed E-state index contributed by atoms with van der Waals surface area (Å²) in [5, 5.41) is 10.8. The summed E-state index contributed by atoms with van der Waals surface area (Å²) in [6.45, 7) is 8.86. The first-order chi connectivity index (χ1) is 11.2. The Bertz CT molecular complexity index is 563. The van der Waals surface area contributed by atoms with E-state index >= 15 is 0 Å². The number of phenolic OH excluding ortho intramolecular Hbond substituents is 1. The van der Waals surface area contributed by atoms with E-state index in [4.69, 9.17) is 28.9 Å². The molecule has 1 heterocycles. The van der Waals surface area contributed by atoms with Gasteiger partial charge in [0.05, 0.1) is 15.6 Å². The lowest BCUT2D eigenvalue weighted by molar-refractivity contribution is -0.137. The molecule has 0 radical (unpaired) electrons. The van der Waals surface area contributed by atoms with Gasteiger partial charge in [0.25, 0.3) is 0 Å². The topological polar surface area (TPSA) is 66.6 Å². The Hall–Kier alpha value is -0.970. The summed E-state index contributed by atoms with van der Waals surface area (Å²) in [7, 11) is 0. The third-order valence-electron chi connectivity index (χ3n) is 4.08. The number of carbonyl (C=O) groups excluding carboxylic acids is 1. The van der Waals surface area contributed by atoms with Crippen molar-refractivity contribution in [3.05, 3.63) is 27.7 Å². The number of halogens is 2. The van der Waals surface area contributed by atoms with Crippen molar-refractivity contribution in [2.24, 2.45) is 11.7 Å². The van der Waals surface area contributed by atoms with Crippen LogP contribution in [0.5, 0.6) is 5.75 Å². The van der Waals surface area contributed by atoms with E-state index in [0.717, 1.165) is 24.8 Å². The number of piperidine rings is 1. The first-order valence-corrected chi connectivity index (χ1v) is 9.19. The van der Waals surface area contributed by atoms with E-state index < -0.39 is 5.54 Å². The molecule has 4 nitrogen and oxygen atoms in total. The second-order valence-electron chi connectivity index (χ2n) is 6.56. The molecule has 1 amide bonds. The Kier molecular flexibility index (Phi) is 7.84. The number of carbonyl (C=O) groups is 1. The van der Waals surface area contributed by atoms with Crippen LogP contribution in [0.15, 0.2) is 12.1 Å². The van der Waals surface area contributed by atoms with Crippen LogP contribution in [-0.4, -0.2) is 34.5 Å². The zero-order valence-electron chi connectivity index (χ0n) is 14.9. The molecule has 0 aromatic heterocycles. The minimum absolute atomic E-state index is 0.0108. The van der Waals surface area contributed by atoms with Gasteiger partial charge in [0, 0.05) is 19.2 Å². The lowest BCUT2D eigenvalue weighted by atomic mass is 9.89. The fraction of sp³-hybridized carbons (Fsp3) is 0.611. The van der Waals surface area contributed by atoms with Crippen LogP contribution in [0.2, 0.25) is 10.0 Å². The Labute approximate surface area is 154 Å². The highest BCUT2D eigenvalue weighted by molar-refractivity contribution is 6.42. The molecular formula is C18H28Cl2N2O2. The van der Waals surface area contributed by atoms with Crippen molar-refractivity contribution in [1.82, 2.24) is 4.90 Å². The molecule has 0 spiro atoms. The zero-order valence-corrected chi connectivity index (χ0v) is 16.4.